The summed E-state index contributed by atoms with van der Waals surface area (Å²) in [6.07, 6.45) is 0. The summed E-state index contributed by atoms with van der Waals surface area (Å²) in [5.41, 5.74) is -0.211. The van der Waals surface area contributed by atoms with Crippen molar-refractivity contribution in [3.05, 3.63) is 0 Å². The maximum absolute atomic E-state index is 11.1. The third-order valence-electron chi connectivity index (χ3n) is 1.62. The van der Waals surface area contributed by atoms with Crippen LogP contribution in [-0.2, 0) is 9.59 Å². The summed E-state index contributed by atoms with van der Waals surface area (Å²) in [6.45, 7) is 8.69. The van der Waals surface area contributed by atoms with Crippen LogP contribution in [0.4, 0.5) is 0 Å². The van der Waals surface area contributed by atoms with Crippen LogP contribution in [0.15, 0.2) is 0 Å². The van der Waals surface area contributed by atoms with Crippen molar-refractivity contribution < 1.29 is 9.59 Å². The van der Waals surface area contributed by atoms with E-state index in [0.717, 1.165) is 0 Å². The zero-order valence-electron chi connectivity index (χ0n) is 8.39. The maximum atomic E-state index is 11.1. The molecule has 0 spiro atoms. The normalized spacial score (nSPS) is 13.8. The summed E-state index contributed by atoms with van der Waals surface area (Å²) >= 11 is 0. The van der Waals surface area contributed by atoms with Gasteiger partial charge in [0.1, 0.15) is 0 Å². The predicted molar refractivity (Wildman–Crippen MR) is 47.7 cm³/mol. The van der Waals surface area contributed by atoms with Crippen molar-refractivity contribution in [3.8, 4) is 0 Å². The molecule has 0 saturated heterocycles. The van der Waals surface area contributed by atoms with Crippen molar-refractivity contribution in [2.75, 3.05) is 0 Å². The van der Waals surface area contributed by atoms with Crippen LogP contribution in [0.1, 0.15) is 34.6 Å². The lowest BCUT2D eigenvalue weighted by molar-refractivity contribution is -0.128. The number of rotatable bonds is 2. The van der Waals surface area contributed by atoms with Crippen LogP contribution in [0.5, 0.6) is 0 Å². The van der Waals surface area contributed by atoms with E-state index in [0.29, 0.717) is 0 Å². The Kier molecular flexibility index (Phi) is 3.43. The van der Waals surface area contributed by atoms with Crippen molar-refractivity contribution in [2.45, 2.75) is 40.7 Å². The molecule has 1 amide bonds. The molecule has 3 nitrogen and oxygen atoms in total. The van der Waals surface area contributed by atoms with Gasteiger partial charge in [0.2, 0.25) is 5.91 Å². The Hall–Kier alpha value is -0.860. The fourth-order valence-corrected chi connectivity index (χ4v) is 1.13. The lowest BCUT2D eigenvalue weighted by atomic mass is 9.84. The third-order valence-corrected chi connectivity index (χ3v) is 1.62. The van der Waals surface area contributed by atoms with Crippen molar-refractivity contribution in [3.63, 3.8) is 0 Å². The molecule has 0 unspecified atom stereocenters. The minimum Gasteiger partial charge on any atom is -0.346 e. The van der Waals surface area contributed by atoms with Crippen molar-refractivity contribution in [1.29, 1.82) is 0 Å². The predicted octanol–water partition coefficient (Wildman–Crippen LogP) is 1.13. The van der Waals surface area contributed by atoms with Crippen molar-refractivity contribution >= 4 is 11.7 Å². The molecule has 0 bridgehead atoms. The molecular formula is C9H17NO2. The summed E-state index contributed by atoms with van der Waals surface area (Å²) < 4.78 is 0. The lowest BCUT2D eigenvalue weighted by Crippen LogP contribution is -2.47. The summed E-state index contributed by atoms with van der Waals surface area (Å²) in [6, 6.07) is -0.380. The Balaban J connectivity index is 4.46. The molecule has 3 heteroatoms. The number of Topliss-reactive ketones (excluding diaryl/α,β-unsaturated/α-hetero) is 1. The topological polar surface area (TPSA) is 46.2 Å². The highest BCUT2D eigenvalue weighted by Crippen LogP contribution is 2.19. The van der Waals surface area contributed by atoms with E-state index >= 15 is 0 Å². The van der Waals surface area contributed by atoms with Gasteiger partial charge in [0.15, 0.2) is 5.78 Å². The molecule has 0 aromatic carbocycles. The van der Waals surface area contributed by atoms with Crippen molar-refractivity contribution in [1.82, 2.24) is 5.32 Å². The van der Waals surface area contributed by atoms with Gasteiger partial charge in [-0.05, 0) is 12.3 Å². The standard InChI is InChI=1S/C9H17NO2/c1-6(11)8(9(3,4)5)10-7(2)12/h8H,1-5H3,(H,10,12)/t8-/m1/s1. The highest BCUT2D eigenvalue weighted by Gasteiger charge is 2.28. The largest absolute Gasteiger partial charge is 0.346 e. The lowest BCUT2D eigenvalue weighted by Gasteiger charge is -2.28. The summed E-state index contributed by atoms with van der Waals surface area (Å²) in [4.78, 5) is 21.9. The number of hydrogen-bond donors (Lipinski definition) is 1. The van der Waals surface area contributed by atoms with E-state index in [1.165, 1.54) is 13.8 Å². The first-order valence-electron chi connectivity index (χ1n) is 4.02. The van der Waals surface area contributed by atoms with E-state index in [1.807, 2.05) is 20.8 Å². The Morgan fingerprint density at radius 1 is 1.17 bits per heavy atom. The van der Waals surface area contributed by atoms with E-state index in [2.05, 4.69) is 5.32 Å². The number of carbonyl (C=O) groups excluding carboxylic acids is 2. The van der Waals surface area contributed by atoms with Gasteiger partial charge in [-0.15, -0.1) is 0 Å². The van der Waals surface area contributed by atoms with Gasteiger partial charge in [-0.2, -0.15) is 0 Å². The zero-order valence-corrected chi connectivity index (χ0v) is 8.39. The highest BCUT2D eigenvalue weighted by atomic mass is 16.2. The molecule has 0 saturated carbocycles. The van der Waals surface area contributed by atoms with Gasteiger partial charge < -0.3 is 5.32 Å². The van der Waals surface area contributed by atoms with Gasteiger partial charge in [0, 0.05) is 6.92 Å². The van der Waals surface area contributed by atoms with E-state index in [4.69, 9.17) is 0 Å². The van der Waals surface area contributed by atoms with Gasteiger partial charge in [0.25, 0.3) is 0 Å². The number of carbonyl (C=O) groups is 2. The molecule has 0 aliphatic heterocycles. The maximum Gasteiger partial charge on any atom is 0.217 e. The Morgan fingerprint density at radius 2 is 1.58 bits per heavy atom. The van der Waals surface area contributed by atoms with Crippen LogP contribution in [0.25, 0.3) is 0 Å². The van der Waals surface area contributed by atoms with Gasteiger partial charge in [-0.3, -0.25) is 9.59 Å². The smallest absolute Gasteiger partial charge is 0.217 e. The number of ketones is 1. The fourth-order valence-electron chi connectivity index (χ4n) is 1.13. The van der Waals surface area contributed by atoms with Crippen LogP contribution in [0.2, 0.25) is 0 Å². The highest BCUT2D eigenvalue weighted by molar-refractivity contribution is 5.87. The van der Waals surface area contributed by atoms with Gasteiger partial charge >= 0.3 is 0 Å². The minimum absolute atomic E-state index is 0.00213. The first-order chi connectivity index (χ1) is 5.25. The van der Waals surface area contributed by atoms with E-state index in [9.17, 15) is 9.59 Å². The molecule has 0 aromatic rings. The van der Waals surface area contributed by atoms with Crippen LogP contribution in [0.3, 0.4) is 0 Å². The van der Waals surface area contributed by atoms with Crippen molar-refractivity contribution in [2.24, 2.45) is 5.41 Å². The molecule has 0 aromatic heterocycles. The van der Waals surface area contributed by atoms with E-state index in [1.54, 1.807) is 0 Å². The Bertz CT molecular complexity index is 191. The second-order valence-corrected chi connectivity index (χ2v) is 4.11. The molecule has 0 aliphatic carbocycles. The number of nitrogens with one attached hydrogen (secondary N) is 1. The molecule has 0 heterocycles. The van der Waals surface area contributed by atoms with Gasteiger partial charge in [0.05, 0.1) is 6.04 Å². The Morgan fingerprint density at radius 3 is 1.67 bits per heavy atom. The molecule has 1 N–H and O–H groups in total. The monoisotopic (exact) mass is 171 g/mol. The fraction of sp³-hybridized carbons (Fsp3) is 0.778. The molecule has 0 radical (unpaired) electrons. The minimum atomic E-state index is -0.380. The summed E-state index contributed by atoms with van der Waals surface area (Å²) in [5, 5.41) is 2.63. The van der Waals surface area contributed by atoms with Crippen LogP contribution >= 0.6 is 0 Å². The third kappa shape index (κ3) is 3.51. The Labute approximate surface area is 73.5 Å². The summed E-state index contributed by atoms with van der Waals surface area (Å²) in [5.74, 6) is -0.164. The van der Waals surface area contributed by atoms with Crippen LogP contribution in [0, 0.1) is 5.41 Å². The average Bonchev–Trinajstić information content (AvgIpc) is 1.79. The quantitative estimate of drug-likeness (QED) is 0.677. The second-order valence-electron chi connectivity index (χ2n) is 4.11. The number of hydrogen-bond acceptors (Lipinski definition) is 2. The zero-order chi connectivity index (χ0) is 9.94. The van der Waals surface area contributed by atoms with E-state index in [-0.39, 0.29) is 23.1 Å². The van der Waals surface area contributed by atoms with E-state index < -0.39 is 0 Å². The molecule has 0 rings (SSSR count). The van der Waals surface area contributed by atoms with Crippen LogP contribution < -0.4 is 5.32 Å². The first kappa shape index (κ1) is 11.1. The molecule has 0 fully saturated rings. The molecule has 1 atom stereocenters. The average molecular weight is 171 g/mol. The second kappa shape index (κ2) is 3.70. The summed E-state index contributed by atoms with van der Waals surface area (Å²) in [7, 11) is 0. The van der Waals surface area contributed by atoms with Crippen LogP contribution in [-0.4, -0.2) is 17.7 Å². The SMILES string of the molecule is CC(=O)N[C@H](C(C)=O)C(C)(C)C. The molecule has 0 aliphatic rings. The first-order valence-corrected chi connectivity index (χ1v) is 4.02. The molecule has 70 valence electrons. The number of amides is 1. The van der Waals surface area contributed by atoms with Gasteiger partial charge in [-0.1, -0.05) is 20.8 Å². The molecular weight excluding hydrogens is 154 g/mol. The molecule has 12 heavy (non-hydrogen) atoms. The van der Waals surface area contributed by atoms with Gasteiger partial charge in [-0.25, -0.2) is 0 Å².